The minimum atomic E-state index is -2.74. The number of nitrogens with one attached hydrogen (secondary N) is 13. The van der Waals surface area contributed by atoms with Gasteiger partial charge in [-0.2, -0.15) is 0 Å². The lowest BCUT2D eigenvalue weighted by atomic mass is 9.96. The van der Waals surface area contributed by atoms with Gasteiger partial charge < -0.3 is 119 Å². The molecule has 22 N–H and O–H groups in total. The molecule has 0 bridgehead atoms. The molecule has 5 aromatic rings. The first kappa shape index (κ1) is 81.4. The number of carbonyl (C=O) groups excluding carboxylic acids is 13. The van der Waals surface area contributed by atoms with Crippen LogP contribution in [-0.4, -0.2) is 232 Å². The summed E-state index contributed by atoms with van der Waals surface area (Å²) in [5, 5.41) is 96.2. The van der Waals surface area contributed by atoms with Crippen LogP contribution in [0, 0.1) is 5.92 Å². The molecular weight excluding hydrogens is 1420 g/mol. The Labute approximate surface area is 604 Å². The van der Waals surface area contributed by atoms with E-state index in [1.54, 1.807) is 55.5 Å². The second-order valence-corrected chi connectivity index (χ2v) is 24.9. The van der Waals surface area contributed by atoms with Crippen LogP contribution in [0.15, 0.2) is 90.9 Å². The number of aliphatic carboxylic acids is 4. The molecule has 5 unspecified atom stereocenters. The topological polar surface area (TPSA) is 643 Å². The number of nitrogens with two attached hydrogens (primary N) is 1. The van der Waals surface area contributed by atoms with Crippen LogP contribution >= 0.6 is 0 Å². The van der Waals surface area contributed by atoms with Crippen molar-refractivity contribution in [2.75, 3.05) is 13.2 Å². The average Bonchev–Trinajstić information content (AvgIpc) is 1.78. The number of cyclic esters (lactones) is 1. The number of aliphatic hydroxyl groups excluding tert-OH is 2. The van der Waals surface area contributed by atoms with Crippen molar-refractivity contribution in [3.05, 3.63) is 108 Å². The molecule has 40 heteroatoms. The highest BCUT2D eigenvalue weighted by atomic mass is 16.6. The number of hydrogen-bond acceptors (Lipinski definition) is 22. The first-order valence-electron chi connectivity index (χ1n) is 32.9. The minimum Gasteiger partial charge on any atom is -0.508 e. The van der Waals surface area contributed by atoms with Gasteiger partial charge >= 0.3 is 29.8 Å². The van der Waals surface area contributed by atoms with E-state index in [2.05, 4.69) is 47.2 Å². The Hall–Kier alpha value is -12.9. The van der Waals surface area contributed by atoms with Gasteiger partial charge in [0.15, 0.2) is 12.2 Å². The van der Waals surface area contributed by atoms with Gasteiger partial charge in [0.1, 0.15) is 71.9 Å². The van der Waals surface area contributed by atoms with Crippen LogP contribution in [0.25, 0.3) is 27.9 Å². The Morgan fingerprint density at radius 3 is 1.78 bits per heavy atom. The SMILES string of the molecule is CCCC1OC1C(=O)N[C@@H](CO)C(=O)NC1C(=O)N[C@H](Cc2c[nH]c3ccccc23)C(=O)N[C@@H](CC(=O)O)C(=O)N[C@@H](CC(=O)O)C(=O)N[C@H](c2ccc(O)cc2)C(=O)N[C@@H](CC(=O)O)C(=O)NCC(=O)N[C@H](C(O)C(N)=O)C(=O)N[C@@H](C(C)CC(=O)O)C(=O)N/C(=C/c2c[nH]c3ccccc23)C(=O)O[C@@H]1C. The van der Waals surface area contributed by atoms with Crippen LogP contribution < -0.4 is 64.2 Å². The van der Waals surface area contributed by atoms with E-state index in [1.807, 2.05) is 21.3 Å². The largest absolute Gasteiger partial charge is 0.508 e. The van der Waals surface area contributed by atoms with E-state index in [9.17, 15) is 103 Å². The smallest absolute Gasteiger partial charge is 0.355 e. The third-order valence-corrected chi connectivity index (χ3v) is 16.8. The number of benzene rings is 3. The first-order chi connectivity index (χ1) is 50.7. The number of epoxide rings is 1. The van der Waals surface area contributed by atoms with E-state index in [1.165, 1.54) is 12.4 Å². The zero-order valence-corrected chi connectivity index (χ0v) is 57.1. The summed E-state index contributed by atoms with van der Waals surface area (Å²) < 4.78 is 11.3. The van der Waals surface area contributed by atoms with E-state index in [0.29, 0.717) is 34.6 Å². The number of phenolic OH excluding ortho intramolecular Hbond substituents is 1. The number of H-pyrrole nitrogens is 2. The number of amides is 12. The summed E-state index contributed by atoms with van der Waals surface area (Å²) in [6.07, 6.45) is -7.46. The molecule has 2 fully saturated rings. The molecule has 2 aliphatic rings. The number of esters is 1. The van der Waals surface area contributed by atoms with Crippen LogP contribution in [0.3, 0.4) is 0 Å². The van der Waals surface area contributed by atoms with Crippen molar-refractivity contribution < 1.29 is 127 Å². The molecule has 40 nitrogen and oxygen atoms in total. The number of carbonyl (C=O) groups is 17. The lowest BCUT2D eigenvalue weighted by Crippen LogP contribution is -2.62. The second kappa shape index (κ2) is 37.0. The lowest BCUT2D eigenvalue weighted by molar-refractivity contribution is -0.150. The Kier molecular flexibility index (Phi) is 28.2. The molecule has 2 saturated heterocycles. The number of fused-ring (bicyclic) bond motifs is 2. The van der Waals surface area contributed by atoms with Crippen molar-refractivity contribution in [3.63, 3.8) is 0 Å². The molecule has 3 aromatic carbocycles. The van der Waals surface area contributed by atoms with Crippen molar-refractivity contribution >= 4 is 129 Å². The first-order valence-corrected chi connectivity index (χ1v) is 32.9. The molecule has 0 saturated carbocycles. The number of aromatic hydroxyl groups is 1. The highest BCUT2D eigenvalue weighted by molar-refractivity contribution is 6.05. The number of carboxylic acids is 4. The third-order valence-electron chi connectivity index (χ3n) is 16.8. The summed E-state index contributed by atoms with van der Waals surface area (Å²) in [7, 11) is 0. The van der Waals surface area contributed by atoms with Crippen LogP contribution in [-0.2, 0) is 97.4 Å². The maximum Gasteiger partial charge on any atom is 0.355 e. The number of primary amides is 1. The van der Waals surface area contributed by atoms with Gasteiger partial charge in [-0.05, 0) is 60.7 Å². The normalized spacial score (nSPS) is 24.1. The van der Waals surface area contributed by atoms with Crippen molar-refractivity contribution in [1.29, 1.82) is 0 Å². The monoisotopic (exact) mass is 1490 g/mol. The molecule has 0 radical (unpaired) electrons. The van der Waals surface area contributed by atoms with Crippen LogP contribution in [0.5, 0.6) is 5.75 Å². The zero-order chi connectivity index (χ0) is 78.7. The molecule has 7 rings (SSSR count). The molecule has 4 heterocycles. The third kappa shape index (κ3) is 22.6. The summed E-state index contributed by atoms with van der Waals surface area (Å²) >= 11 is 0. The molecule has 0 aliphatic carbocycles. The van der Waals surface area contributed by atoms with E-state index in [4.69, 9.17) is 15.2 Å². The van der Waals surface area contributed by atoms with Crippen molar-refractivity contribution in [3.8, 4) is 5.75 Å². The second-order valence-electron chi connectivity index (χ2n) is 24.9. The molecule has 2 aromatic heterocycles. The Bertz CT molecular complexity index is 4290. The lowest BCUT2D eigenvalue weighted by Gasteiger charge is -2.29. The number of hydrogen-bond donors (Lipinski definition) is 21. The molecule has 12 amide bonds. The van der Waals surface area contributed by atoms with Gasteiger partial charge in [-0.1, -0.05) is 68.8 Å². The number of para-hydroxylation sites is 2. The van der Waals surface area contributed by atoms with Gasteiger partial charge in [-0.3, -0.25) is 76.7 Å². The fraction of sp³-hybridized carbons (Fsp3) is 0.388. The maximum absolute atomic E-state index is 15.3. The van der Waals surface area contributed by atoms with Gasteiger partial charge in [0.25, 0.3) is 5.91 Å². The number of phenols is 1. The van der Waals surface area contributed by atoms with Gasteiger partial charge in [0.2, 0.25) is 65.0 Å². The predicted molar refractivity (Wildman–Crippen MR) is 363 cm³/mol. The molecule has 572 valence electrons. The summed E-state index contributed by atoms with van der Waals surface area (Å²) in [4.78, 5) is 241. The number of carboxylic acid groups (broad SMARTS) is 4. The van der Waals surface area contributed by atoms with Gasteiger partial charge in [0, 0.05) is 46.2 Å². The number of aromatic amines is 2. The minimum absolute atomic E-state index is 0.0911. The molecule has 107 heavy (non-hydrogen) atoms. The zero-order valence-electron chi connectivity index (χ0n) is 57.1. The fourth-order valence-corrected chi connectivity index (χ4v) is 11.2. The van der Waals surface area contributed by atoms with Crippen molar-refractivity contribution in [1.82, 2.24) is 68.5 Å². The summed E-state index contributed by atoms with van der Waals surface area (Å²) in [5.41, 5.74) is 5.33. The fourth-order valence-electron chi connectivity index (χ4n) is 11.2. The van der Waals surface area contributed by atoms with Crippen LogP contribution in [0.4, 0.5) is 0 Å². The van der Waals surface area contributed by atoms with Crippen molar-refractivity contribution in [2.24, 2.45) is 11.7 Å². The Morgan fingerprint density at radius 1 is 0.636 bits per heavy atom. The van der Waals surface area contributed by atoms with E-state index >= 15 is 14.4 Å². The number of ether oxygens (including phenoxy) is 2. The van der Waals surface area contributed by atoms with E-state index < -0.39 is 242 Å². The van der Waals surface area contributed by atoms with Crippen LogP contribution in [0.2, 0.25) is 0 Å². The highest BCUT2D eigenvalue weighted by Crippen LogP contribution is 2.28. The van der Waals surface area contributed by atoms with Gasteiger partial charge in [0.05, 0.1) is 44.9 Å². The number of aromatic nitrogens is 2. The summed E-state index contributed by atoms with van der Waals surface area (Å²) in [6.45, 7) is 1.38. The van der Waals surface area contributed by atoms with Crippen molar-refractivity contribution in [2.45, 2.75) is 145 Å². The standard InChI is InChI=1S/C67H78N14O26/c1-4-9-44-55(107-44)66(104)77-43(27-82)61(99)80-51-29(3)106-67(105)42(20-32-25-70-37-13-8-6-11-35(32)37)76-62(100)50(28(2)18-46(85)86)79-65(103)53(54(93)56(68)94)78-45(84)26-71-57(95)39(21-47(87)88)75-64(102)52(30-14-16-33(83)17-15-30)81-60(98)41(23-49(91)92)73-59(97)40(22-48(89)90)72-58(96)38(74-63(51)101)19-31-24-69-36-12-7-5-10-34(31)36/h5-8,10-17,20,24-25,28-29,38-41,43-44,50-55,69-70,82-83,93H,4,9,18-19,21-23,26-27H2,1-3H3,(H2,68,94)(H,71,95)(H,72,96)(H,73,97)(H,74,101)(H,75,102)(H,76,100)(H,77,104)(H,78,84)(H,79,103)(H,80,99)(H,81,98)(H,85,86)(H,87,88)(H,89,90)(H,91,92)/b42-20+/t28?,29-,38-,39+,40+,41+,43+,44?,50+,51?,52-,53-,54?,55?/m1/s1. The number of rotatable bonds is 22. The highest BCUT2D eigenvalue weighted by Gasteiger charge is 2.46. The quantitative estimate of drug-likeness (QED) is 0.0175. The molecular formula is C67H78N14O26. The maximum atomic E-state index is 15.3. The average molecular weight is 1500 g/mol. The molecule has 0 spiro atoms. The predicted octanol–water partition coefficient (Wildman–Crippen LogP) is -5.21. The summed E-state index contributed by atoms with van der Waals surface area (Å²) in [6, 6.07) is -3.50. The Morgan fingerprint density at radius 2 is 1.19 bits per heavy atom. The molecule has 14 atom stereocenters. The number of aliphatic hydroxyl groups is 2. The van der Waals surface area contributed by atoms with E-state index in [0.717, 1.165) is 44.2 Å². The summed E-state index contributed by atoms with van der Waals surface area (Å²) in [5.74, 6) is -28.5. The molecule has 2 aliphatic heterocycles. The van der Waals surface area contributed by atoms with Gasteiger partial charge in [-0.15, -0.1) is 0 Å². The van der Waals surface area contributed by atoms with E-state index in [-0.39, 0.29) is 16.7 Å². The van der Waals surface area contributed by atoms with Gasteiger partial charge in [-0.25, -0.2) is 4.79 Å². The Balaban J connectivity index is 1.39. The van der Waals surface area contributed by atoms with Crippen LogP contribution in [0.1, 0.15) is 82.0 Å².